The highest BCUT2D eigenvalue weighted by Crippen LogP contribution is 2.25. The average molecular weight is 332 g/mol. The molecule has 1 heterocycles. The van der Waals surface area contributed by atoms with Gasteiger partial charge in [0.05, 0.1) is 0 Å². The molecule has 0 aromatic heterocycles. The third-order valence-corrected chi connectivity index (χ3v) is 2.64. The highest BCUT2D eigenvalue weighted by Gasteiger charge is 2.26. The predicted octanol–water partition coefficient (Wildman–Crippen LogP) is 1.46. The summed E-state index contributed by atoms with van der Waals surface area (Å²) in [5.74, 6) is -1.15. The van der Waals surface area contributed by atoms with Crippen molar-refractivity contribution in [1.82, 2.24) is 10.6 Å². The van der Waals surface area contributed by atoms with E-state index in [1.165, 1.54) is 0 Å². The van der Waals surface area contributed by atoms with E-state index in [1.54, 1.807) is 0 Å². The number of hydrogen-bond donors (Lipinski definition) is 3. The van der Waals surface area contributed by atoms with Gasteiger partial charge in [-0.1, -0.05) is 46.5 Å². The van der Waals surface area contributed by atoms with E-state index in [0.717, 1.165) is 5.57 Å². The number of carbonyl (C=O) groups excluding carboxylic acids is 1. The molecule has 1 unspecified atom stereocenters. The summed E-state index contributed by atoms with van der Waals surface area (Å²) in [6, 6.07) is -1.07. The minimum atomic E-state index is -1.73. The van der Waals surface area contributed by atoms with E-state index in [-0.39, 0.29) is 6.42 Å². The molecule has 1 rings (SSSR count). The Labute approximate surface area is 125 Å². The minimum Gasteiger partial charge on any atom is -0.480 e. The molecule has 19 heavy (non-hydrogen) atoms. The van der Waals surface area contributed by atoms with E-state index in [1.807, 2.05) is 6.08 Å². The Kier molecular flexibility index (Phi) is 6.19. The molecule has 3 N–H and O–H groups in total. The van der Waals surface area contributed by atoms with Gasteiger partial charge in [-0.05, 0) is 0 Å². The lowest BCUT2D eigenvalue weighted by Gasteiger charge is -2.16. The number of aliphatic carboxylic acids is 1. The van der Waals surface area contributed by atoms with Gasteiger partial charge in [-0.15, -0.1) is 0 Å². The molecule has 0 aromatic rings. The number of carbonyl (C=O) groups is 2. The zero-order valence-corrected chi connectivity index (χ0v) is 12.1. The van der Waals surface area contributed by atoms with Gasteiger partial charge >= 0.3 is 12.1 Å². The van der Waals surface area contributed by atoms with E-state index in [0.29, 0.717) is 13.1 Å². The molecule has 0 saturated heterocycles. The standard InChI is InChI=1S/C10H13Cl3N2O4/c11-10(12,13)5-19-9(18)15-7(8(16)17)3-6-1-2-14-4-6/h1,7,14H,2-5H2,(H,15,18)(H,16,17). The lowest BCUT2D eigenvalue weighted by Crippen LogP contribution is -2.42. The summed E-state index contributed by atoms with van der Waals surface area (Å²) in [6.45, 7) is 0.841. The maximum Gasteiger partial charge on any atom is 0.408 e. The van der Waals surface area contributed by atoms with Crippen molar-refractivity contribution < 1.29 is 19.4 Å². The Morgan fingerprint density at radius 3 is 2.68 bits per heavy atom. The van der Waals surface area contributed by atoms with Gasteiger partial charge in [-0.3, -0.25) is 0 Å². The maximum absolute atomic E-state index is 11.4. The molecular weight excluding hydrogens is 318 g/mol. The largest absolute Gasteiger partial charge is 0.480 e. The Hall–Kier alpha value is -0.690. The molecule has 1 atom stereocenters. The summed E-state index contributed by atoms with van der Waals surface area (Å²) < 4.78 is 2.88. The number of halogens is 3. The molecule has 1 aliphatic heterocycles. The van der Waals surface area contributed by atoms with Crippen LogP contribution in [0.3, 0.4) is 0 Å². The third-order valence-electron chi connectivity index (χ3n) is 2.31. The summed E-state index contributed by atoms with van der Waals surface area (Å²) >= 11 is 16.2. The molecule has 1 amide bonds. The maximum atomic E-state index is 11.4. The van der Waals surface area contributed by atoms with Crippen LogP contribution in [0.15, 0.2) is 11.6 Å². The van der Waals surface area contributed by atoms with Crippen LogP contribution < -0.4 is 10.6 Å². The zero-order chi connectivity index (χ0) is 14.5. The number of rotatable bonds is 5. The second-order valence-corrected chi connectivity index (χ2v) is 6.44. The van der Waals surface area contributed by atoms with E-state index in [2.05, 4.69) is 15.4 Å². The van der Waals surface area contributed by atoms with Crippen LogP contribution in [0.25, 0.3) is 0 Å². The highest BCUT2D eigenvalue weighted by molar-refractivity contribution is 6.67. The monoisotopic (exact) mass is 330 g/mol. The van der Waals surface area contributed by atoms with Crippen LogP contribution in [-0.4, -0.2) is 46.7 Å². The minimum absolute atomic E-state index is 0.200. The second kappa shape index (κ2) is 7.19. The van der Waals surface area contributed by atoms with E-state index >= 15 is 0 Å². The summed E-state index contributed by atoms with van der Waals surface area (Å²) in [5.41, 5.74) is 0.911. The average Bonchev–Trinajstić information content (AvgIpc) is 2.77. The van der Waals surface area contributed by atoms with Gasteiger partial charge < -0.3 is 20.5 Å². The van der Waals surface area contributed by atoms with Crippen molar-refractivity contribution in [2.75, 3.05) is 19.7 Å². The number of amides is 1. The van der Waals surface area contributed by atoms with Crippen LogP contribution in [0, 0.1) is 0 Å². The lowest BCUT2D eigenvalue weighted by atomic mass is 10.1. The first-order chi connectivity index (χ1) is 8.78. The van der Waals surface area contributed by atoms with E-state index in [4.69, 9.17) is 39.9 Å². The molecular formula is C10H13Cl3N2O4. The molecule has 0 aromatic carbocycles. The molecule has 9 heteroatoms. The summed E-state index contributed by atoms with van der Waals surface area (Å²) in [6.07, 6.45) is 1.14. The van der Waals surface area contributed by atoms with Gasteiger partial charge in [-0.2, -0.15) is 0 Å². The molecule has 0 fully saturated rings. The number of nitrogens with one attached hydrogen (secondary N) is 2. The number of hydrogen-bond acceptors (Lipinski definition) is 4. The first-order valence-corrected chi connectivity index (χ1v) is 6.53. The van der Waals surface area contributed by atoms with Gasteiger partial charge in [0.2, 0.25) is 3.79 Å². The van der Waals surface area contributed by atoms with Gasteiger partial charge in [0, 0.05) is 19.5 Å². The second-order valence-electron chi connectivity index (χ2n) is 3.92. The lowest BCUT2D eigenvalue weighted by molar-refractivity contribution is -0.139. The number of carboxylic acids is 1. The molecule has 0 aliphatic carbocycles. The fourth-order valence-electron chi connectivity index (χ4n) is 1.47. The zero-order valence-electron chi connectivity index (χ0n) is 9.79. The van der Waals surface area contributed by atoms with E-state index in [9.17, 15) is 9.59 Å². The van der Waals surface area contributed by atoms with E-state index < -0.39 is 28.5 Å². The third kappa shape index (κ3) is 6.87. The Balaban J connectivity index is 2.44. The van der Waals surface area contributed by atoms with Gasteiger partial charge in [0.15, 0.2) is 0 Å². The molecule has 0 radical (unpaired) electrons. The molecule has 0 spiro atoms. The fraction of sp³-hybridized carbons (Fsp3) is 0.600. The fourth-order valence-corrected chi connectivity index (χ4v) is 1.63. The summed E-state index contributed by atoms with van der Waals surface area (Å²) in [4.78, 5) is 22.4. The smallest absolute Gasteiger partial charge is 0.408 e. The number of alkyl halides is 3. The van der Waals surface area contributed by atoms with Crippen LogP contribution in [0.1, 0.15) is 6.42 Å². The molecule has 6 nitrogen and oxygen atoms in total. The van der Waals surface area contributed by atoms with Gasteiger partial charge in [0.1, 0.15) is 12.6 Å². The van der Waals surface area contributed by atoms with Crippen molar-refractivity contribution in [3.8, 4) is 0 Å². The van der Waals surface area contributed by atoms with Gasteiger partial charge in [0.25, 0.3) is 0 Å². The topological polar surface area (TPSA) is 87.7 Å². The Morgan fingerprint density at radius 1 is 1.53 bits per heavy atom. The summed E-state index contributed by atoms with van der Waals surface area (Å²) in [5, 5.41) is 14.3. The van der Waals surface area contributed by atoms with Crippen LogP contribution in [0.5, 0.6) is 0 Å². The van der Waals surface area contributed by atoms with Crippen LogP contribution in [-0.2, 0) is 9.53 Å². The molecule has 1 aliphatic rings. The van der Waals surface area contributed by atoms with Crippen LogP contribution in [0.4, 0.5) is 4.79 Å². The van der Waals surface area contributed by atoms with Crippen molar-refractivity contribution in [1.29, 1.82) is 0 Å². The Bertz CT molecular complexity index is 381. The first-order valence-electron chi connectivity index (χ1n) is 5.39. The highest BCUT2D eigenvalue weighted by atomic mass is 35.6. The number of carboxylic acid groups (broad SMARTS) is 1. The molecule has 0 bridgehead atoms. The predicted molar refractivity (Wildman–Crippen MR) is 71.8 cm³/mol. The number of alkyl carbamates (subject to hydrolysis) is 1. The number of ether oxygens (including phenoxy) is 1. The summed E-state index contributed by atoms with van der Waals surface area (Å²) in [7, 11) is 0. The van der Waals surface area contributed by atoms with Gasteiger partial charge in [-0.25, -0.2) is 9.59 Å². The normalized spacial score (nSPS) is 16.7. The van der Waals surface area contributed by atoms with Crippen LogP contribution in [0.2, 0.25) is 0 Å². The van der Waals surface area contributed by atoms with Crippen molar-refractivity contribution >= 4 is 46.9 Å². The molecule has 0 saturated carbocycles. The SMILES string of the molecule is O=C(NC(CC1=CCNC1)C(=O)O)OCC(Cl)(Cl)Cl. The van der Waals surface area contributed by atoms with Crippen molar-refractivity contribution in [2.45, 2.75) is 16.3 Å². The Morgan fingerprint density at radius 2 is 2.21 bits per heavy atom. The van der Waals surface area contributed by atoms with Crippen LogP contribution >= 0.6 is 34.8 Å². The first kappa shape index (κ1) is 16.4. The molecule has 108 valence electrons. The quantitative estimate of drug-likeness (QED) is 0.524. The van der Waals surface area contributed by atoms with Crippen molar-refractivity contribution in [3.63, 3.8) is 0 Å². The van der Waals surface area contributed by atoms with Crippen molar-refractivity contribution in [2.24, 2.45) is 0 Å². The van der Waals surface area contributed by atoms with Crippen molar-refractivity contribution in [3.05, 3.63) is 11.6 Å².